The van der Waals surface area contributed by atoms with E-state index in [-0.39, 0.29) is 11.8 Å². The molecule has 0 saturated carbocycles. The smallest absolute Gasteiger partial charge is 0.315 e. The first-order chi connectivity index (χ1) is 15.1. The highest BCUT2D eigenvalue weighted by atomic mass is 16.5. The Morgan fingerprint density at radius 3 is 2.42 bits per heavy atom. The highest BCUT2D eigenvalue weighted by Gasteiger charge is 2.14. The van der Waals surface area contributed by atoms with Gasteiger partial charge < -0.3 is 18.6 Å². The zero-order valence-corrected chi connectivity index (χ0v) is 17.1. The van der Waals surface area contributed by atoms with Crippen LogP contribution in [-0.4, -0.2) is 20.2 Å². The fraction of sp³-hybridized carbons (Fsp3) is 0.120. The van der Waals surface area contributed by atoms with Crippen molar-refractivity contribution < 1.29 is 23.4 Å². The average molecular weight is 416 g/mol. The van der Waals surface area contributed by atoms with Gasteiger partial charge in [0.15, 0.2) is 16.9 Å². The predicted octanol–water partition coefficient (Wildman–Crippen LogP) is 4.63. The maximum atomic E-state index is 13.0. The van der Waals surface area contributed by atoms with Gasteiger partial charge in [-0.05, 0) is 35.4 Å². The Morgan fingerprint density at radius 2 is 1.68 bits per heavy atom. The van der Waals surface area contributed by atoms with Crippen molar-refractivity contribution in [2.45, 2.75) is 6.42 Å². The van der Waals surface area contributed by atoms with Crippen molar-refractivity contribution in [3.8, 4) is 28.4 Å². The van der Waals surface area contributed by atoms with E-state index in [2.05, 4.69) is 0 Å². The lowest BCUT2D eigenvalue weighted by molar-refractivity contribution is -0.133. The molecule has 31 heavy (non-hydrogen) atoms. The maximum absolute atomic E-state index is 13.0. The summed E-state index contributed by atoms with van der Waals surface area (Å²) in [6, 6.07) is 19.3. The van der Waals surface area contributed by atoms with E-state index in [1.54, 1.807) is 37.4 Å². The van der Waals surface area contributed by atoms with Crippen molar-refractivity contribution >= 4 is 16.9 Å². The Hall–Kier alpha value is -4.06. The van der Waals surface area contributed by atoms with Crippen LogP contribution in [-0.2, 0) is 11.2 Å². The van der Waals surface area contributed by atoms with Crippen LogP contribution in [0.25, 0.3) is 22.1 Å². The molecule has 1 aromatic heterocycles. The van der Waals surface area contributed by atoms with Gasteiger partial charge in [-0.25, -0.2) is 0 Å². The highest BCUT2D eigenvalue weighted by Crippen LogP contribution is 2.32. The standard InChI is InChI=1S/C25H20O6/c1-28-21-11-8-17(13-23(21)29-2)20-15-30-22-14-18(9-10-19(22)25(20)27)31-24(26)12-16-6-4-3-5-7-16/h3-11,13-15H,12H2,1-2H3. The van der Waals surface area contributed by atoms with Crippen LogP contribution in [0.3, 0.4) is 0 Å². The summed E-state index contributed by atoms with van der Waals surface area (Å²) in [5.74, 6) is 1.00. The second-order valence-corrected chi connectivity index (χ2v) is 6.84. The summed E-state index contributed by atoms with van der Waals surface area (Å²) in [5, 5.41) is 0.384. The van der Waals surface area contributed by atoms with Gasteiger partial charge in [0.2, 0.25) is 0 Å². The SMILES string of the molecule is COc1ccc(-c2coc3cc(OC(=O)Cc4ccccc4)ccc3c2=O)cc1OC. The summed E-state index contributed by atoms with van der Waals surface area (Å²) in [6.45, 7) is 0. The molecule has 156 valence electrons. The normalized spacial score (nSPS) is 10.6. The first kappa shape index (κ1) is 20.2. The number of fused-ring (bicyclic) bond motifs is 1. The molecule has 0 aliphatic rings. The summed E-state index contributed by atoms with van der Waals surface area (Å²) in [4.78, 5) is 25.2. The zero-order chi connectivity index (χ0) is 21.8. The molecular formula is C25H20O6. The minimum absolute atomic E-state index is 0.154. The molecule has 3 aromatic carbocycles. The topological polar surface area (TPSA) is 75.0 Å². The quantitative estimate of drug-likeness (QED) is 0.337. The molecule has 0 bridgehead atoms. The lowest BCUT2D eigenvalue weighted by Gasteiger charge is -2.10. The Kier molecular flexibility index (Phi) is 5.71. The van der Waals surface area contributed by atoms with Crippen LogP contribution in [0.5, 0.6) is 17.2 Å². The van der Waals surface area contributed by atoms with Crippen molar-refractivity contribution in [3.63, 3.8) is 0 Å². The minimum atomic E-state index is -0.394. The Bertz CT molecular complexity index is 1290. The van der Waals surface area contributed by atoms with Gasteiger partial charge in [-0.3, -0.25) is 9.59 Å². The van der Waals surface area contributed by atoms with E-state index < -0.39 is 5.97 Å². The van der Waals surface area contributed by atoms with Gasteiger partial charge in [-0.2, -0.15) is 0 Å². The van der Waals surface area contributed by atoms with E-state index in [0.717, 1.165) is 5.56 Å². The fourth-order valence-corrected chi connectivity index (χ4v) is 3.31. The Morgan fingerprint density at radius 1 is 0.903 bits per heavy atom. The number of carbonyl (C=O) groups is 1. The third-order valence-electron chi connectivity index (χ3n) is 4.86. The van der Waals surface area contributed by atoms with E-state index >= 15 is 0 Å². The monoisotopic (exact) mass is 416 g/mol. The highest BCUT2D eigenvalue weighted by molar-refractivity contribution is 5.84. The lowest BCUT2D eigenvalue weighted by Crippen LogP contribution is -2.11. The predicted molar refractivity (Wildman–Crippen MR) is 117 cm³/mol. The molecule has 0 radical (unpaired) electrons. The van der Waals surface area contributed by atoms with Gasteiger partial charge in [-0.15, -0.1) is 0 Å². The van der Waals surface area contributed by atoms with Crippen LogP contribution in [0.1, 0.15) is 5.56 Å². The molecule has 0 fully saturated rings. The molecule has 4 rings (SSSR count). The van der Waals surface area contributed by atoms with Gasteiger partial charge in [0.05, 0.1) is 31.6 Å². The van der Waals surface area contributed by atoms with Crippen LogP contribution < -0.4 is 19.6 Å². The van der Waals surface area contributed by atoms with Gasteiger partial charge in [0.25, 0.3) is 0 Å². The number of benzene rings is 3. The number of rotatable bonds is 6. The second-order valence-electron chi connectivity index (χ2n) is 6.84. The summed E-state index contributed by atoms with van der Waals surface area (Å²) >= 11 is 0. The van der Waals surface area contributed by atoms with Crippen LogP contribution in [0.2, 0.25) is 0 Å². The first-order valence-corrected chi connectivity index (χ1v) is 9.61. The van der Waals surface area contributed by atoms with E-state index in [1.165, 1.54) is 19.4 Å². The molecule has 0 spiro atoms. The summed E-state index contributed by atoms with van der Waals surface area (Å²) in [6.07, 6.45) is 1.54. The molecule has 0 atom stereocenters. The van der Waals surface area contributed by atoms with Crippen LogP contribution >= 0.6 is 0 Å². The molecule has 0 unspecified atom stereocenters. The summed E-state index contributed by atoms with van der Waals surface area (Å²) < 4.78 is 21.6. The third-order valence-corrected chi connectivity index (χ3v) is 4.86. The first-order valence-electron chi connectivity index (χ1n) is 9.61. The van der Waals surface area contributed by atoms with Crippen molar-refractivity contribution in [2.75, 3.05) is 14.2 Å². The largest absolute Gasteiger partial charge is 0.493 e. The molecule has 4 aromatic rings. The van der Waals surface area contributed by atoms with Gasteiger partial charge in [-0.1, -0.05) is 36.4 Å². The second kappa shape index (κ2) is 8.75. The lowest BCUT2D eigenvalue weighted by atomic mass is 10.0. The number of ether oxygens (including phenoxy) is 3. The van der Waals surface area contributed by atoms with Crippen LogP contribution in [0.15, 0.2) is 82.2 Å². The molecular weight excluding hydrogens is 396 g/mol. The maximum Gasteiger partial charge on any atom is 0.315 e. The molecule has 0 aliphatic heterocycles. The zero-order valence-electron chi connectivity index (χ0n) is 17.1. The number of hydrogen-bond acceptors (Lipinski definition) is 6. The van der Waals surface area contributed by atoms with Crippen molar-refractivity contribution in [3.05, 3.63) is 88.8 Å². The average Bonchev–Trinajstić information content (AvgIpc) is 2.79. The molecule has 0 N–H and O–H groups in total. The molecule has 6 nitrogen and oxygen atoms in total. The number of hydrogen-bond donors (Lipinski definition) is 0. The molecule has 6 heteroatoms. The minimum Gasteiger partial charge on any atom is -0.493 e. The Balaban J connectivity index is 1.61. The van der Waals surface area contributed by atoms with Gasteiger partial charge in [0, 0.05) is 6.07 Å². The molecule has 0 amide bonds. The van der Waals surface area contributed by atoms with Crippen molar-refractivity contribution in [2.24, 2.45) is 0 Å². The van der Waals surface area contributed by atoms with Crippen molar-refractivity contribution in [1.29, 1.82) is 0 Å². The summed E-state index contributed by atoms with van der Waals surface area (Å²) in [7, 11) is 3.08. The van der Waals surface area contributed by atoms with Crippen LogP contribution in [0, 0.1) is 0 Å². The van der Waals surface area contributed by atoms with Crippen LogP contribution in [0.4, 0.5) is 0 Å². The third kappa shape index (κ3) is 4.28. The van der Waals surface area contributed by atoms with Gasteiger partial charge in [0.1, 0.15) is 17.6 Å². The van der Waals surface area contributed by atoms with E-state index in [9.17, 15) is 9.59 Å². The fourth-order valence-electron chi connectivity index (χ4n) is 3.31. The molecule has 1 heterocycles. The molecule has 0 aliphatic carbocycles. The number of methoxy groups -OCH3 is 2. The van der Waals surface area contributed by atoms with E-state index in [1.807, 2.05) is 30.3 Å². The molecule has 0 saturated heterocycles. The van der Waals surface area contributed by atoms with E-state index in [4.69, 9.17) is 18.6 Å². The van der Waals surface area contributed by atoms with Gasteiger partial charge >= 0.3 is 5.97 Å². The van der Waals surface area contributed by atoms with E-state index in [0.29, 0.717) is 39.3 Å². The Labute approximate surface area is 178 Å². The van der Waals surface area contributed by atoms with Crippen molar-refractivity contribution in [1.82, 2.24) is 0 Å². The summed E-state index contributed by atoms with van der Waals surface area (Å²) in [5.41, 5.74) is 2.03. The number of carbonyl (C=O) groups excluding carboxylic acids is 1. The number of esters is 1.